The maximum absolute atomic E-state index is 13.1. The second-order valence-electron chi connectivity index (χ2n) is 4.36. The SMILES string of the molecule is CCN(CC(=O)N(C)C)C(=O)c1cc(F)c(F)c(F)c1. The molecule has 7 heteroatoms. The number of benzene rings is 1. The van der Waals surface area contributed by atoms with E-state index in [1.807, 2.05) is 0 Å². The van der Waals surface area contributed by atoms with Crippen molar-refractivity contribution < 1.29 is 22.8 Å². The Bertz CT molecular complexity index is 509. The maximum Gasteiger partial charge on any atom is 0.254 e. The summed E-state index contributed by atoms with van der Waals surface area (Å²) < 4.78 is 39.0. The van der Waals surface area contributed by atoms with Gasteiger partial charge in [-0.2, -0.15) is 0 Å². The minimum absolute atomic E-state index is 0.180. The van der Waals surface area contributed by atoms with Crippen LogP contribution in [0.3, 0.4) is 0 Å². The third-order valence-electron chi connectivity index (χ3n) is 2.72. The highest BCUT2D eigenvalue weighted by atomic mass is 19.2. The van der Waals surface area contributed by atoms with Crippen molar-refractivity contribution in [1.29, 1.82) is 0 Å². The summed E-state index contributed by atoms with van der Waals surface area (Å²) in [6.45, 7) is 1.58. The van der Waals surface area contributed by atoms with E-state index in [0.717, 1.165) is 4.90 Å². The van der Waals surface area contributed by atoms with Crippen LogP contribution in [-0.4, -0.2) is 48.8 Å². The fourth-order valence-corrected chi connectivity index (χ4v) is 1.49. The zero-order valence-corrected chi connectivity index (χ0v) is 11.4. The van der Waals surface area contributed by atoms with Gasteiger partial charge in [-0.05, 0) is 19.1 Å². The average Bonchev–Trinajstić information content (AvgIpc) is 2.40. The number of amides is 2. The number of hydrogen-bond acceptors (Lipinski definition) is 2. The first-order chi connectivity index (χ1) is 9.27. The van der Waals surface area contributed by atoms with E-state index in [9.17, 15) is 22.8 Å². The van der Waals surface area contributed by atoms with Crippen LogP contribution in [0.4, 0.5) is 13.2 Å². The zero-order valence-electron chi connectivity index (χ0n) is 11.4. The van der Waals surface area contributed by atoms with Crippen molar-refractivity contribution in [2.24, 2.45) is 0 Å². The molecule has 0 N–H and O–H groups in total. The minimum Gasteiger partial charge on any atom is -0.347 e. The Labute approximate surface area is 114 Å². The van der Waals surface area contributed by atoms with Gasteiger partial charge in [-0.25, -0.2) is 13.2 Å². The molecular weight excluding hydrogens is 273 g/mol. The van der Waals surface area contributed by atoms with Crippen molar-refractivity contribution in [3.05, 3.63) is 35.1 Å². The molecule has 1 aromatic rings. The lowest BCUT2D eigenvalue weighted by atomic mass is 10.1. The normalized spacial score (nSPS) is 10.3. The fourth-order valence-electron chi connectivity index (χ4n) is 1.49. The van der Waals surface area contributed by atoms with Gasteiger partial charge in [-0.15, -0.1) is 0 Å². The second kappa shape index (κ2) is 6.40. The Kier molecular flexibility index (Phi) is 5.12. The van der Waals surface area contributed by atoms with Gasteiger partial charge >= 0.3 is 0 Å². The second-order valence-corrected chi connectivity index (χ2v) is 4.36. The molecule has 1 rings (SSSR count). The molecule has 0 bridgehead atoms. The molecule has 0 radical (unpaired) electrons. The molecule has 0 unspecified atom stereocenters. The summed E-state index contributed by atoms with van der Waals surface area (Å²) in [5, 5.41) is 0. The summed E-state index contributed by atoms with van der Waals surface area (Å²) in [6, 6.07) is 1.23. The van der Waals surface area contributed by atoms with E-state index in [-0.39, 0.29) is 24.6 Å². The number of hydrogen-bond donors (Lipinski definition) is 0. The highest BCUT2D eigenvalue weighted by Crippen LogP contribution is 2.15. The summed E-state index contributed by atoms with van der Waals surface area (Å²) in [6.07, 6.45) is 0. The van der Waals surface area contributed by atoms with Crippen LogP contribution in [0.2, 0.25) is 0 Å². The number of likely N-dealkylation sites (N-methyl/N-ethyl adjacent to an activating group) is 2. The summed E-state index contributed by atoms with van der Waals surface area (Å²) in [5.41, 5.74) is -0.338. The molecule has 0 aromatic heterocycles. The molecule has 0 saturated carbocycles. The van der Waals surface area contributed by atoms with Crippen molar-refractivity contribution in [3.8, 4) is 0 Å². The molecule has 0 fully saturated rings. The van der Waals surface area contributed by atoms with Gasteiger partial charge in [0.2, 0.25) is 5.91 Å². The Balaban J connectivity index is 3.00. The van der Waals surface area contributed by atoms with E-state index in [1.165, 1.54) is 19.0 Å². The first kappa shape index (κ1) is 16.0. The van der Waals surface area contributed by atoms with Gasteiger partial charge in [-0.1, -0.05) is 0 Å². The molecule has 20 heavy (non-hydrogen) atoms. The Morgan fingerprint density at radius 1 is 1.10 bits per heavy atom. The molecule has 0 spiro atoms. The summed E-state index contributed by atoms with van der Waals surface area (Å²) >= 11 is 0. The van der Waals surface area contributed by atoms with Crippen LogP contribution in [-0.2, 0) is 4.79 Å². The third kappa shape index (κ3) is 3.49. The molecule has 0 aliphatic carbocycles. The summed E-state index contributed by atoms with van der Waals surface area (Å²) in [5.74, 6) is -5.58. The van der Waals surface area contributed by atoms with Gasteiger partial charge in [0, 0.05) is 26.2 Å². The van der Waals surface area contributed by atoms with Crippen molar-refractivity contribution in [1.82, 2.24) is 9.80 Å². The zero-order chi connectivity index (χ0) is 15.4. The van der Waals surface area contributed by atoms with E-state index < -0.39 is 23.4 Å². The molecule has 0 heterocycles. The van der Waals surface area contributed by atoms with Crippen molar-refractivity contribution in [2.75, 3.05) is 27.2 Å². The molecule has 0 saturated heterocycles. The lowest BCUT2D eigenvalue weighted by Gasteiger charge is -2.22. The van der Waals surface area contributed by atoms with Crippen LogP contribution >= 0.6 is 0 Å². The van der Waals surface area contributed by atoms with Crippen molar-refractivity contribution in [3.63, 3.8) is 0 Å². The lowest BCUT2D eigenvalue weighted by molar-refractivity contribution is -0.129. The van der Waals surface area contributed by atoms with E-state index >= 15 is 0 Å². The monoisotopic (exact) mass is 288 g/mol. The van der Waals surface area contributed by atoms with Crippen molar-refractivity contribution in [2.45, 2.75) is 6.92 Å². The molecule has 0 aliphatic heterocycles. The van der Waals surface area contributed by atoms with E-state index in [2.05, 4.69) is 0 Å². The fraction of sp³-hybridized carbons (Fsp3) is 0.385. The molecule has 2 amide bonds. The predicted molar refractivity (Wildman–Crippen MR) is 66.6 cm³/mol. The molecule has 0 atom stereocenters. The van der Waals surface area contributed by atoms with Gasteiger partial charge in [0.05, 0.1) is 6.54 Å². The quantitative estimate of drug-likeness (QED) is 0.791. The highest BCUT2D eigenvalue weighted by Gasteiger charge is 2.21. The molecule has 4 nitrogen and oxygen atoms in total. The number of halogens is 3. The minimum atomic E-state index is -1.63. The largest absolute Gasteiger partial charge is 0.347 e. The Morgan fingerprint density at radius 3 is 2.00 bits per heavy atom. The van der Waals surface area contributed by atoms with E-state index in [4.69, 9.17) is 0 Å². The van der Waals surface area contributed by atoms with Crippen molar-refractivity contribution >= 4 is 11.8 Å². The summed E-state index contributed by atoms with van der Waals surface area (Å²) in [4.78, 5) is 26.0. The number of carbonyl (C=O) groups is 2. The van der Waals surface area contributed by atoms with E-state index in [1.54, 1.807) is 6.92 Å². The van der Waals surface area contributed by atoms with Crippen LogP contribution in [0.5, 0.6) is 0 Å². The first-order valence-electron chi connectivity index (χ1n) is 5.91. The van der Waals surface area contributed by atoms with Gasteiger partial charge in [0.1, 0.15) is 0 Å². The number of carbonyl (C=O) groups excluding carboxylic acids is 2. The predicted octanol–water partition coefficient (Wildman–Crippen LogP) is 1.65. The number of nitrogens with zero attached hydrogens (tertiary/aromatic N) is 2. The van der Waals surface area contributed by atoms with Crippen LogP contribution in [0, 0.1) is 17.5 Å². The third-order valence-corrected chi connectivity index (χ3v) is 2.72. The lowest BCUT2D eigenvalue weighted by Crippen LogP contribution is -2.40. The highest BCUT2D eigenvalue weighted by molar-refractivity contribution is 5.96. The van der Waals surface area contributed by atoms with Gasteiger partial charge in [-0.3, -0.25) is 9.59 Å². The summed E-state index contributed by atoms with van der Waals surface area (Å²) in [7, 11) is 3.05. The first-order valence-corrected chi connectivity index (χ1v) is 5.91. The van der Waals surface area contributed by atoms with Gasteiger partial charge in [0.15, 0.2) is 17.5 Å². The van der Waals surface area contributed by atoms with Crippen LogP contribution < -0.4 is 0 Å². The average molecular weight is 288 g/mol. The molecular formula is C13H15F3N2O2. The Hall–Kier alpha value is -2.05. The standard InChI is InChI=1S/C13H15F3N2O2/c1-4-18(7-11(19)17(2)3)13(20)8-5-9(14)12(16)10(15)6-8/h5-6H,4,7H2,1-3H3. The van der Waals surface area contributed by atoms with Crippen LogP contribution in [0.25, 0.3) is 0 Å². The van der Waals surface area contributed by atoms with Gasteiger partial charge < -0.3 is 9.80 Å². The van der Waals surface area contributed by atoms with Gasteiger partial charge in [0.25, 0.3) is 5.91 Å². The number of rotatable bonds is 4. The topological polar surface area (TPSA) is 40.6 Å². The van der Waals surface area contributed by atoms with Crippen LogP contribution in [0.1, 0.15) is 17.3 Å². The Morgan fingerprint density at radius 2 is 1.60 bits per heavy atom. The van der Waals surface area contributed by atoms with E-state index in [0.29, 0.717) is 12.1 Å². The smallest absolute Gasteiger partial charge is 0.254 e. The maximum atomic E-state index is 13.1. The molecule has 1 aromatic carbocycles. The molecule has 110 valence electrons. The molecule has 0 aliphatic rings. The van der Waals surface area contributed by atoms with Crippen LogP contribution in [0.15, 0.2) is 12.1 Å².